The van der Waals surface area contributed by atoms with Gasteiger partial charge in [-0.15, -0.1) is 5.10 Å². The number of hydrogen-bond donors (Lipinski definition) is 1. The highest BCUT2D eigenvalue weighted by Crippen LogP contribution is 2.21. The number of rotatable bonds is 4. The summed E-state index contributed by atoms with van der Waals surface area (Å²) in [5.74, 6) is 0. The molecule has 0 saturated heterocycles. The van der Waals surface area contributed by atoms with Crippen LogP contribution in [0.4, 0.5) is 0 Å². The molecule has 1 aromatic carbocycles. The van der Waals surface area contributed by atoms with Crippen LogP contribution in [0.1, 0.15) is 11.3 Å². The van der Waals surface area contributed by atoms with Gasteiger partial charge < -0.3 is 5.73 Å². The minimum atomic E-state index is 0.553. The second-order valence-corrected chi connectivity index (χ2v) is 4.53. The highest BCUT2D eigenvalue weighted by Gasteiger charge is 2.05. The maximum atomic E-state index is 6.07. The molecule has 17 heavy (non-hydrogen) atoms. The van der Waals surface area contributed by atoms with Crippen molar-refractivity contribution in [3.63, 3.8) is 0 Å². The van der Waals surface area contributed by atoms with Crippen LogP contribution < -0.4 is 5.73 Å². The molecule has 0 aliphatic carbocycles. The van der Waals surface area contributed by atoms with Crippen LogP contribution in [0.5, 0.6) is 0 Å². The molecule has 0 unspecified atom stereocenters. The van der Waals surface area contributed by atoms with Crippen molar-refractivity contribution in [2.45, 2.75) is 13.0 Å². The summed E-state index contributed by atoms with van der Waals surface area (Å²) in [4.78, 5) is 0. The van der Waals surface area contributed by atoms with Crippen LogP contribution in [0, 0.1) is 0 Å². The molecular weight excluding hydrogens is 259 g/mol. The highest BCUT2D eigenvalue weighted by atomic mass is 35.5. The molecule has 2 aromatic rings. The highest BCUT2D eigenvalue weighted by molar-refractivity contribution is 6.33. The van der Waals surface area contributed by atoms with Crippen LogP contribution >= 0.6 is 23.2 Å². The molecule has 0 atom stereocenters. The molecule has 0 amide bonds. The van der Waals surface area contributed by atoms with Gasteiger partial charge in [-0.2, -0.15) is 0 Å². The summed E-state index contributed by atoms with van der Waals surface area (Å²) in [6.45, 7) is 1.12. The Kier molecular flexibility index (Phi) is 3.99. The monoisotopic (exact) mass is 270 g/mol. The first-order valence-corrected chi connectivity index (χ1v) is 5.97. The molecule has 4 nitrogen and oxygen atoms in total. The van der Waals surface area contributed by atoms with Crippen LogP contribution in [0.2, 0.25) is 10.0 Å². The van der Waals surface area contributed by atoms with Gasteiger partial charge in [-0.05, 0) is 30.3 Å². The fraction of sp³-hybridized carbons (Fsp3) is 0.273. The molecule has 0 aliphatic heterocycles. The Hall–Kier alpha value is -1.10. The molecule has 2 N–H and O–H groups in total. The van der Waals surface area contributed by atoms with Crippen LogP contribution in [0.3, 0.4) is 0 Å². The third-order valence-corrected chi connectivity index (χ3v) is 2.93. The second-order valence-electron chi connectivity index (χ2n) is 3.68. The molecule has 0 saturated carbocycles. The molecule has 0 fully saturated rings. The zero-order valence-corrected chi connectivity index (χ0v) is 10.6. The lowest BCUT2D eigenvalue weighted by atomic mass is 10.2. The van der Waals surface area contributed by atoms with Gasteiger partial charge >= 0.3 is 0 Å². The van der Waals surface area contributed by atoms with Gasteiger partial charge in [0.1, 0.15) is 0 Å². The first kappa shape index (κ1) is 12.4. The number of nitrogens with zero attached hydrogens (tertiary/aromatic N) is 3. The average Bonchev–Trinajstić information content (AvgIpc) is 2.72. The Morgan fingerprint density at radius 3 is 2.88 bits per heavy atom. The fourth-order valence-electron chi connectivity index (χ4n) is 1.52. The zero-order chi connectivity index (χ0) is 12.3. The van der Waals surface area contributed by atoms with E-state index in [9.17, 15) is 0 Å². The minimum absolute atomic E-state index is 0.553. The molecular formula is C11H12Cl2N4. The van der Waals surface area contributed by atoms with Gasteiger partial charge in [-0.1, -0.05) is 28.4 Å². The lowest BCUT2D eigenvalue weighted by Gasteiger charge is -2.04. The van der Waals surface area contributed by atoms with Crippen LogP contribution in [-0.2, 0) is 13.0 Å². The van der Waals surface area contributed by atoms with Crippen LogP contribution in [0.25, 0.3) is 0 Å². The van der Waals surface area contributed by atoms with Crippen molar-refractivity contribution < 1.29 is 0 Å². The molecule has 0 radical (unpaired) electrons. The Labute approximate surface area is 109 Å². The summed E-state index contributed by atoms with van der Waals surface area (Å²) in [6, 6.07) is 5.36. The molecule has 1 aromatic heterocycles. The zero-order valence-electron chi connectivity index (χ0n) is 9.11. The molecule has 0 aliphatic rings. The topological polar surface area (TPSA) is 56.7 Å². The lowest BCUT2D eigenvalue weighted by molar-refractivity contribution is 0.649. The maximum Gasteiger partial charge on any atom is 0.0839 e. The van der Waals surface area contributed by atoms with Crippen molar-refractivity contribution in [1.82, 2.24) is 15.0 Å². The quantitative estimate of drug-likeness (QED) is 0.926. The normalized spacial score (nSPS) is 10.8. The Bertz CT molecular complexity index is 510. The summed E-state index contributed by atoms with van der Waals surface area (Å²) >= 11 is 12.0. The van der Waals surface area contributed by atoms with E-state index in [0.717, 1.165) is 17.7 Å². The number of benzene rings is 1. The third-order valence-electron chi connectivity index (χ3n) is 2.33. The van der Waals surface area contributed by atoms with E-state index in [2.05, 4.69) is 10.3 Å². The molecule has 2 rings (SSSR count). The van der Waals surface area contributed by atoms with E-state index in [-0.39, 0.29) is 0 Å². The van der Waals surface area contributed by atoms with Gasteiger partial charge in [0.25, 0.3) is 0 Å². The van der Waals surface area contributed by atoms with E-state index in [1.807, 2.05) is 12.3 Å². The van der Waals surface area contributed by atoms with Crippen molar-refractivity contribution in [1.29, 1.82) is 0 Å². The van der Waals surface area contributed by atoms with Gasteiger partial charge in [0.2, 0.25) is 0 Å². The van der Waals surface area contributed by atoms with E-state index in [1.165, 1.54) is 0 Å². The minimum Gasteiger partial charge on any atom is -0.330 e. The molecule has 6 heteroatoms. The van der Waals surface area contributed by atoms with Gasteiger partial charge in [-0.25, -0.2) is 4.68 Å². The fourth-order valence-corrected chi connectivity index (χ4v) is 1.89. The number of hydrogen-bond acceptors (Lipinski definition) is 3. The van der Waals surface area contributed by atoms with Crippen molar-refractivity contribution >= 4 is 23.2 Å². The van der Waals surface area contributed by atoms with Crippen LogP contribution in [-0.4, -0.2) is 21.5 Å². The van der Waals surface area contributed by atoms with Crippen molar-refractivity contribution in [2.24, 2.45) is 5.73 Å². The average molecular weight is 271 g/mol. The van der Waals surface area contributed by atoms with Crippen molar-refractivity contribution in [2.75, 3.05) is 6.54 Å². The van der Waals surface area contributed by atoms with Crippen LogP contribution in [0.15, 0.2) is 24.4 Å². The molecule has 1 heterocycles. The summed E-state index contributed by atoms with van der Waals surface area (Å²) < 4.78 is 1.72. The van der Waals surface area contributed by atoms with Crippen molar-refractivity contribution in [3.8, 4) is 0 Å². The summed E-state index contributed by atoms with van der Waals surface area (Å²) in [5.41, 5.74) is 7.25. The van der Waals surface area contributed by atoms with E-state index >= 15 is 0 Å². The van der Waals surface area contributed by atoms with Gasteiger partial charge in [0.15, 0.2) is 0 Å². The largest absolute Gasteiger partial charge is 0.330 e. The Balaban J connectivity index is 2.16. The van der Waals surface area contributed by atoms with E-state index in [0.29, 0.717) is 23.1 Å². The van der Waals surface area contributed by atoms with E-state index in [1.54, 1.807) is 16.8 Å². The van der Waals surface area contributed by atoms with Gasteiger partial charge in [0, 0.05) is 22.7 Å². The molecule has 0 spiro atoms. The molecule has 0 bridgehead atoms. The second kappa shape index (κ2) is 5.49. The smallest absolute Gasteiger partial charge is 0.0839 e. The Morgan fingerprint density at radius 2 is 2.12 bits per heavy atom. The standard InChI is InChI=1S/C11H12Cl2N4/c12-9-1-2-11(13)8(5-9)6-17-7-10(3-4-14)15-16-17/h1-2,5,7H,3-4,6,14H2. The summed E-state index contributed by atoms with van der Waals surface area (Å²) in [6.07, 6.45) is 2.59. The van der Waals surface area contributed by atoms with Crippen molar-refractivity contribution in [3.05, 3.63) is 45.7 Å². The summed E-state index contributed by atoms with van der Waals surface area (Å²) in [7, 11) is 0. The third kappa shape index (κ3) is 3.19. The lowest BCUT2D eigenvalue weighted by Crippen LogP contribution is -2.03. The van der Waals surface area contributed by atoms with Gasteiger partial charge in [0.05, 0.1) is 12.2 Å². The predicted octanol–water partition coefficient (Wildman–Crippen LogP) is 2.13. The first-order chi connectivity index (χ1) is 8.19. The molecule has 90 valence electrons. The Morgan fingerprint density at radius 1 is 1.29 bits per heavy atom. The number of aromatic nitrogens is 3. The first-order valence-electron chi connectivity index (χ1n) is 5.22. The maximum absolute atomic E-state index is 6.07. The number of nitrogens with two attached hydrogens (primary N) is 1. The van der Waals surface area contributed by atoms with E-state index < -0.39 is 0 Å². The number of halogens is 2. The predicted molar refractivity (Wildman–Crippen MR) is 68.3 cm³/mol. The summed E-state index contributed by atoms with van der Waals surface area (Å²) in [5, 5.41) is 9.35. The van der Waals surface area contributed by atoms with Gasteiger partial charge in [-0.3, -0.25) is 0 Å². The SMILES string of the molecule is NCCc1cn(Cc2cc(Cl)ccc2Cl)nn1. The van der Waals surface area contributed by atoms with E-state index in [4.69, 9.17) is 28.9 Å².